The highest BCUT2D eigenvalue weighted by Gasteiger charge is 2.29. The van der Waals surface area contributed by atoms with E-state index in [0.717, 1.165) is 6.42 Å². The maximum absolute atomic E-state index is 12.0. The summed E-state index contributed by atoms with van der Waals surface area (Å²) in [5.41, 5.74) is -0.781. The molecule has 0 saturated heterocycles. The van der Waals surface area contributed by atoms with E-state index >= 15 is 0 Å². The second-order valence-electron chi connectivity index (χ2n) is 7.71. The molecule has 0 fully saturated rings. The zero-order chi connectivity index (χ0) is 18.3. The molecule has 0 aromatic carbocycles. The van der Waals surface area contributed by atoms with Crippen LogP contribution in [0.2, 0.25) is 0 Å². The van der Waals surface area contributed by atoms with Crippen LogP contribution in [0.3, 0.4) is 0 Å². The highest BCUT2D eigenvalue weighted by atomic mass is 35.5. The van der Waals surface area contributed by atoms with Crippen molar-refractivity contribution >= 4 is 23.7 Å². The number of urea groups is 1. The Morgan fingerprint density at radius 1 is 1.17 bits per heavy atom. The summed E-state index contributed by atoms with van der Waals surface area (Å²) in [5.74, 6) is 0.516. The molecular formula is C16H32ClN3O3. The second kappa shape index (κ2) is 9.21. The van der Waals surface area contributed by atoms with Crippen molar-refractivity contribution in [3.8, 4) is 0 Å². The first-order valence-electron chi connectivity index (χ1n) is 7.91. The minimum absolute atomic E-state index is 0.185. The summed E-state index contributed by atoms with van der Waals surface area (Å²) in [7, 11) is 1.72. The molecule has 0 rings (SSSR count). The molecule has 0 saturated carbocycles. The largest absolute Gasteiger partial charge is 0.444 e. The molecule has 0 aromatic heterocycles. The number of nitrogens with zero attached hydrogens (tertiary/aromatic N) is 1. The number of halogens is 1. The molecule has 3 amide bonds. The zero-order valence-electron chi connectivity index (χ0n) is 15.5. The van der Waals surface area contributed by atoms with Gasteiger partial charge in [0.15, 0.2) is 0 Å². The number of hydrogen-bond donors (Lipinski definition) is 2. The summed E-state index contributed by atoms with van der Waals surface area (Å²) in [6.45, 7) is 12.3. The Morgan fingerprint density at radius 2 is 1.74 bits per heavy atom. The maximum Gasteiger partial charge on any atom is 0.407 e. The van der Waals surface area contributed by atoms with Crippen LogP contribution in [0.15, 0.2) is 0 Å². The summed E-state index contributed by atoms with van der Waals surface area (Å²) in [5, 5.41) is 5.68. The fourth-order valence-electron chi connectivity index (χ4n) is 1.75. The first kappa shape index (κ1) is 21.8. The third-order valence-electron chi connectivity index (χ3n) is 3.17. The van der Waals surface area contributed by atoms with Crippen LogP contribution in [0.5, 0.6) is 0 Å². The lowest BCUT2D eigenvalue weighted by atomic mass is 9.87. The molecule has 0 aliphatic carbocycles. The van der Waals surface area contributed by atoms with E-state index in [1.54, 1.807) is 11.9 Å². The predicted octanol–water partition coefficient (Wildman–Crippen LogP) is 3.20. The standard InChI is InChI=1S/C16H32ClN3O3/c1-15(2,3)12(19-14(22)23-16(4,5)6)11-18-13(21)20(7)10-8-9-17/h12H,8-11H2,1-7H3,(H,18,21)(H,19,22). The van der Waals surface area contributed by atoms with Gasteiger partial charge in [0.1, 0.15) is 5.60 Å². The van der Waals surface area contributed by atoms with Gasteiger partial charge in [-0.05, 0) is 32.6 Å². The first-order chi connectivity index (χ1) is 10.4. The fourth-order valence-corrected chi connectivity index (χ4v) is 1.87. The molecule has 2 N–H and O–H groups in total. The van der Waals surface area contributed by atoms with E-state index in [1.807, 2.05) is 41.5 Å². The monoisotopic (exact) mass is 349 g/mol. The van der Waals surface area contributed by atoms with E-state index in [4.69, 9.17) is 16.3 Å². The summed E-state index contributed by atoms with van der Waals surface area (Å²) >= 11 is 5.63. The fraction of sp³-hybridized carbons (Fsp3) is 0.875. The van der Waals surface area contributed by atoms with Crippen molar-refractivity contribution in [2.45, 2.75) is 59.6 Å². The van der Waals surface area contributed by atoms with E-state index in [1.165, 1.54) is 0 Å². The number of carbonyl (C=O) groups excluding carboxylic acids is 2. The molecule has 6 nitrogen and oxygen atoms in total. The van der Waals surface area contributed by atoms with E-state index in [9.17, 15) is 9.59 Å². The smallest absolute Gasteiger partial charge is 0.407 e. The average molecular weight is 350 g/mol. The molecule has 23 heavy (non-hydrogen) atoms. The Hall–Kier alpha value is -1.17. The van der Waals surface area contributed by atoms with Crippen molar-refractivity contribution in [3.05, 3.63) is 0 Å². The van der Waals surface area contributed by atoms with Crippen molar-refractivity contribution in [2.24, 2.45) is 5.41 Å². The lowest BCUT2D eigenvalue weighted by Crippen LogP contribution is -2.53. The summed E-state index contributed by atoms with van der Waals surface area (Å²) in [4.78, 5) is 25.6. The van der Waals surface area contributed by atoms with Crippen LogP contribution in [-0.4, -0.2) is 54.7 Å². The molecule has 0 radical (unpaired) electrons. The first-order valence-corrected chi connectivity index (χ1v) is 8.44. The van der Waals surface area contributed by atoms with Crippen LogP contribution in [0.4, 0.5) is 9.59 Å². The van der Waals surface area contributed by atoms with Crippen molar-refractivity contribution in [3.63, 3.8) is 0 Å². The predicted molar refractivity (Wildman–Crippen MR) is 94.0 cm³/mol. The molecule has 1 atom stereocenters. The van der Waals surface area contributed by atoms with Gasteiger partial charge in [-0.3, -0.25) is 0 Å². The third-order valence-corrected chi connectivity index (χ3v) is 3.43. The number of nitrogens with one attached hydrogen (secondary N) is 2. The van der Waals surface area contributed by atoms with Crippen LogP contribution in [0, 0.1) is 5.41 Å². The topological polar surface area (TPSA) is 70.7 Å². The average Bonchev–Trinajstić information content (AvgIpc) is 2.36. The molecule has 136 valence electrons. The van der Waals surface area contributed by atoms with Gasteiger partial charge >= 0.3 is 12.1 Å². The number of rotatable bonds is 6. The van der Waals surface area contributed by atoms with Gasteiger partial charge in [-0.2, -0.15) is 0 Å². The van der Waals surface area contributed by atoms with Crippen molar-refractivity contribution in [1.82, 2.24) is 15.5 Å². The number of hydrogen-bond acceptors (Lipinski definition) is 3. The minimum atomic E-state index is -0.558. The van der Waals surface area contributed by atoms with Gasteiger partial charge in [0.25, 0.3) is 0 Å². The number of alkyl carbamates (subject to hydrolysis) is 1. The number of carbonyl (C=O) groups is 2. The molecule has 7 heteroatoms. The lowest BCUT2D eigenvalue weighted by molar-refractivity contribution is 0.0463. The van der Waals surface area contributed by atoms with Crippen LogP contribution in [0.25, 0.3) is 0 Å². The van der Waals surface area contributed by atoms with Gasteiger partial charge in [0.05, 0.1) is 6.04 Å². The van der Waals surface area contributed by atoms with Crippen molar-refractivity contribution < 1.29 is 14.3 Å². The van der Waals surface area contributed by atoms with Gasteiger partial charge in [0, 0.05) is 26.0 Å². The maximum atomic E-state index is 12.0. The second-order valence-corrected chi connectivity index (χ2v) is 8.09. The number of alkyl halides is 1. The lowest BCUT2D eigenvalue weighted by Gasteiger charge is -2.33. The van der Waals surface area contributed by atoms with Crippen molar-refractivity contribution in [2.75, 3.05) is 26.0 Å². The molecule has 0 heterocycles. The molecule has 0 bridgehead atoms. The Balaban J connectivity index is 4.59. The van der Waals surface area contributed by atoms with Crippen molar-refractivity contribution in [1.29, 1.82) is 0 Å². The highest BCUT2D eigenvalue weighted by molar-refractivity contribution is 6.17. The van der Waals surface area contributed by atoms with E-state index in [-0.39, 0.29) is 17.5 Å². The van der Waals surface area contributed by atoms with Gasteiger partial charge in [-0.1, -0.05) is 20.8 Å². The summed E-state index contributed by atoms with van der Waals surface area (Å²) in [6, 6.07) is -0.432. The SMILES string of the molecule is CN(CCCCl)C(=O)NCC(NC(=O)OC(C)(C)C)C(C)(C)C. The third kappa shape index (κ3) is 10.3. The van der Waals surface area contributed by atoms with Crippen LogP contribution >= 0.6 is 11.6 Å². The highest BCUT2D eigenvalue weighted by Crippen LogP contribution is 2.19. The zero-order valence-corrected chi connectivity index (χ0v) is 16.2. The Labute approximate surface area is 145 Å². The quantitative estimate of drug-likeness (QED) is 0.723. The van der Waals surface area contributed by atoms with E-state index < -0.39 is 11.7 Å². The molecule has 1 unspecified atom stereocenters. The summed E-state index contributed by atoms with van der Waals surface area (Å²) in [6.07, 6.45) is 0.256. The molecular weight excluding hydrogens is 318 g/mol. The normalized spacial score (nSPS) is 13.2. The van der Waals surface area contributed by atoms with E-state index in [2.05, 4.69) is 10.6 Å². The minimum Gasteiger partial charge on any atom is -0.444 e. The number of ether oxygens (including phenoxy) is 1. The van der Waals surface area contributed by atoms with Gasteiger partial charge in [0.2, 0.25) is 0 Å². The van der Waals surface area contributed by atoms with Crippen LogP contribution in [-0.2, 0) is 4.74 Å². The molecule has 0 aliphatic rings. The van der Waals surface area contributed by atoms with Crippen LogP contribution < -0.4 is 10.6 Å². The Kier molecular flexibility index (Phi) is 8.74. The summed E-state index contributed by atoms with van der Waals surface area (Å²) < 4.78 is 5.28. The molecule has 0 spiro atoms. The van der Waals surface area contributed by atoms with Gasteiger partial charge < -0.3 is 20.3 Å². The number of amides is 3. The Bertz CT molecular complexity index is 389. The van der Waals surface area contributed by atoms with E-state index in [0.29, 0.717) is 19.0 Å². The molecule has 0 aliphatic heterocycles. The van der Waals surface area contributed by atoms with Crippen LogP contribution in [0.1, 0.15) is 48.0 Å². The molecule has 0 aromatic rings. The van der Waals surface area contributed by atoms with Gasteiger partial charge in [-0.25, -0.2) is 9.59 Å². The Morgan fingerprint density at radius 3 is 2.17 bits per heavy atom. The van der Waals surface area contributed by atoms with Gasteiger partial charge in [-0.15, -0.1) is 11.6 Å².